The van der Waals surface area contributed by atoms with Gasteiger partial charge in [0.1, 0.15) is 18.2 Å². The van der Waals surface area contributed by atoms with E-state index in [2.05, 4.69) is 37.6 Å². The SMILES string of the molecule is CC(=O)N1CCC(Nc2cc(C(=O)NC[C@H](O)CN3CCc4cc(OCc5ocnc5C)ccc4C3)ccn2)CC1.S. The fourth-order valence-electron chi connectivity index (χ4n) is 5.32. The summed E-state index contributed by atoms with van der Waals surface area (Å²) in [5.41, 5.74) is 3.76. The van der Waals surface area contributed by atoms with Crippen LogP contribution < -0.4 is 15.4 Å². The molecule has 0 spiro atoms. The molecular formula is C30H40N6O5S. The number of fused-ring (bicyclic) bond motifs is 1. The van der Waals surface area contributed by atoms with Crippen LogP contribution in [0.5, 0.6) is 5.75 Å². The number of anilines is 1. The lowest BCUT2D eigenvalue weighted by atomic mass is 9.99. The first kappa shape index (κ1) is 31.3. The summed E-state index contributed by atoms with van der Waals surface area (Å²) in [6.45, 7) is 7.42. The van der Waals surface area contributed by atoms with Gasteiger partial charge in [-0.3, -0.25) is 14.5 Å². The topological polar surface area (TPSA) is 133 Å². The number of aliphatic hydroxyl groups is 1. The van der Waals surface area contributed by atoms with E-state index in [4.69, 9.17) is 9.15 Å². The summed E-state index contributed by atoms with van der Waals surface area (Å²) in [4.78, 5) is 36.8. The Morgan fingerprint density at radius 1 is 1.14 bits per heavy atom. The number of pyridine rings is 1. The molecule has 0 aliphatic carbocycles. The molecule has 2 aromatic heterocycles. The van der Waals surface area contributed by atoms with Gasteiger partial charge in [-0.15, -0.1) is 0 Å². The Bertz CT molecular complexity index is 1360. The molecule has 3 N–H and O–H groups in total. The van der Waals surface area contributed by atoms with E-state index in [0.717, 1.165) is 49.6 Å². The minimum Gasteiger partial charge on any atom is -0.486 e. The number of carbonyl (C=O) groups excluding carboxylic acids is 2. The minimum atomic E-state index is -0.695. The van der Waals surface area contributed by atoms with Crippen LogP contribution in [0.3, 0.4) is 0 Å². The summed E-state index contributed by atoms with van der Waals surface area (Å²) in [5, 5.41) is 16.9. The molecule has 0 radical (unpaired) electrons. The van der Waals surface area contributed by atoms with Crippen molar-refractivity contribution in [1.82, 2.24) is 25.1 Å². The van der Waals surface area contributed by atoms with Crippen LogP contribution >= 0.6 is 13.5 Å². The van der Waals surface area contributed by atoms with E-state index < -0.39 is 6.10 Å². The van der Waals surface area contributed by atoms with Gasteiger partial charge in [0.15, 0.2) is 12.2 Å². The van der Waals surface area contributed by atoms with Crippen molar-refractivity contribution in [3.63, 3.8) is 0 Å². The molecule has 12 heteroatoms. The summed E-state index contributed by atoms with van der Waals surface area (Å²) in [7, 11) is 0. The first-order valence-electron chi connectivity index (χ1n) is 14.1. The number of nitrogens with one attached hydrogen (secondary N) is 2. The summed E-state index contributed by atoms with van der Waals surface area (Å²) in [6, 6.07) is 9.69. The van der Waals surface area contributed by atoms with Crippen LogP contribution in [0.1, 0.15) is 52.7 Å². The number of benzene rings is 1. The second kappa shape index (κ2) is 14.5. The number of rotatable bonds is 10. The zero-order valence-corrected chi connectivity index (χ0v) is 25.1. The number of aromatic nitrogens is 2. The van der Waals surface area contributed by atoms with Gasteiger partial charge in [-0.2, -0.15) is 13.5 Å². The highest BCUT2D eigenvalue weighted by atomic mass is 32.1. The number of likely N-dealkylation sites (tertiary alicyclic amines) is 1. The summed E-state index contributed by atoms with van der Waals surface area (Å²) in [6.07, 6.45) is 4.86. The highest BCUT2D eigenvalue weighted by Gasteiger charge is 2.22. The number of carbonyl (C=O) groups is 2. The quantitative estimate of drug-likeness (QED) is 0.323. The summed E-state index contributed by atoms with van der Waals surface area (Å²) in [5.74, 6) is 2.00. The molecule has 11 nitrogen and oxygen atoms in total. The number of aryl methyl sites for hydroxylation is 1. The average Bonchev–Trinajstić information content (AvgIpc) is 3.39. The van der Waals surface area contributed by atoms with Crippen LogP contribution in [0.4, 0.5) is 5.82 Å². The average molecular weight is 597 g/mol. The number of hydrogen-bond acceptors (Lipinski definition) is 9. The van der Waals surface area contributed by atoms with E-state index in [1.165, 1.54) is 17.5 Å². The first-order chi connectivity index (χ1) is 19.8. The lowest BCUT2D eigenvalue weighted by Crippen LogP contribution is -2.42. The Labute approximate surface area is 253 Å². The molecule has 0 unspecified atom stereocenters. The first-order valence-corrected chi connectivity index (χ1v) is 14.1. The van der Waals surface area contributed by atoms with E-state index >= 15 is 0 Å². The smallest absolute Gasteiger partial charge is 0.251 e. The van der Waals surface area contributed by atoms with E-state index in [1.54, 1.807) is 25.3 Å². The van der Waals surface area contributed by atoms with Crippen molar-refractivity contribution in [2.24, 2.45) is 0 Å². The van der Waals surface area contributed by atoms with Gasteiger partial charge in [-0.25, -0.2) is 9.97 Å². The van der Waals surface area contributed by atoms with Crippen molar-refractivity contribution in [1.29, 1.82) is 0 Å². The molecule has 4 heterocycles. The third kappa shape index (κ3) is 8.24. The van der Waals surface area contributed by atoms with Gasteiger partial charge in [0.2, 0.25) is 5.91 Å². The van der Waals surface area contributed by atoms with Crippen LogP contribution in [-0.4, -0.2) is 81.6 Å². The molecule has 1 aromatic carbocycles. The molecule has 2 amide bonds. The zero-order valence-electron chi connectivity index (χ0n) is 24.1. The predicted octanol–water partition coefficient (Wildman–Crippen LogP) is 2.64. The zero-order chi connectivity index (χ0) is 28.8. The van der Waals surface area contributed by atoms with Crippen LogP contribution in [0.15, 0.2) is 47.3 Å². The van der Waals surface area contributed by atoms with Gasteiger partial charge >= 0.3 is 0 Å². The molecule has 5 rings (SSSR count). The number of oxazole rings is 1. The van der Waals surface area contributed by atoms with Crippen LogP contribution in [0, 0.1) is 6.92 Å². The Balaban J connectivity index is 0.00000405. The normalized spacial score (nSPS) is 16.2. The number of aliphatic hydroxyl groups excluding tert-OH is 1. The number of β-amino-alcohol motifs (C(OH)–C–C–N with tert-alkyl or cyclic N) is 1. The standard InChI is InChI=1S/C30H38N6O5.H2S/c1-20-28(41-19-33-20)18-40-27-4-3-24-16-35(10-6-22(24)13-27)17-26(38)15-32-30(39)23-5-9-31-29(14-23)34-25-7-11-36(12-8-25)21(2)37;/h3-5,9,13-14,19,25-26,38H,6-8,10-12,15-18H2,1-2H3,(H,31,34)(H,32,39);1H2/t26-;/m0./s1. The van der Waals surface area contributed by atoms with E-state index in [0.29, 0.717) is 37.6 Å². The third-order valence-corrected chi connectivity index (χ3v) is 7.77. The van der Waals surface area contributed by atoms with Crippen molar-refractivity contribution in [3.8, 4) is 5.75 Å². The number of nitrogens with zero attached hydrogens (tertiary/aromatic N) is 4. The highest BCUT2D eigenvalue weighted by Crippen LogP contribution is 2.25. The molecule has 1 atom stereocenters. The van der Waals surface area contributed by atoms with Crippen molar-refractivity contribution in [3.05, 3.63) is 71.1 Å². The van der Waals surface area contributed by atoms with Gasteiger partial charge in [0.05, 0.1) is 11.8 Å². The van der Waals surface area contributed by atoms with Gasteiger partial charge in [-0.05, 0) is 61.6 Å². The fourth-order valence-corrected chi connectivity index (χ4v) is 5.32. The van der Waals surface area contributed by atoms with Crippen molar-refractivity contribution in [2.75, 3.05) is 38.0 Å². The Hall–Kier alpha value is -3.61. The lowest BCUT2D eigenvalue weighted by molar-refractivity contribution is -0.129. The summed E-state index contributed by atoms with van der Waals surface area (Å²) < 4.78 is 11.2. The van der Waals surface area contributed by atoms with Crippen molar-refractivity contribution < 1.29 is 23.8 Å². The number of ether oxygens (including phenoxy) is 1. The molecule has 1 fully saturated rings. The minimum absolute atomic E-state index is 0. The van der Waals surface area contributed by atoms with Gasteiger partial charge in [0, 0.05) is 64.0 Å². The number of piperidine rings is 1. The maximum atomic E-state index is 12.8. The largest absolute Gasteiger partial charge is 0.486 e. The van der Waals surface area contributed by atoms with Crippen LogP contribution in [0.2, 0.25) is 0 Å². The van der Waals surface area contributed by atoms with E-state index in [1.807, 2.05) is 17.9 Å². The highest BCUT2D eigenvalue weighted by molar-refractivity contribution is 7.59. The van der Waals surface area contributed by atoms with E-state index in [9.17, 15) is 14.7 Å². The van der Waals surface area contributed by atoms with E-state index in [-0.39, 0.29) is 37.9 Å². The van der Waals surface area contributed by atoms with Crippen molar-refractivity contribution in [2.45, 2.75) is 58.4 Å². The summed E-state index contributed by atoms with van der Waals surface area (Å²) >= 11 is 0. The number of hydrogen-bond donors (Lipinski definition) is 3. The molecule has 1 saturated heterocycles. The Kier molecular flexibility index (Phi) is 10.8. The third-order valence-electron chi connectivity index (χ3n) is 7.77. The Morgan fingerprint density at radius 3 is 2.69 bits per heavy atom. The second-order valence-corrected chi connectivity index (χ2v) is 10.8. The fraction of sp³-hybridized carbons (Fsp3) is 0.467. The molecule has 2 aliphatic rings. The maximum Gasteiger partial charge on any atom is 0.251 e. The second-order valence-electron chi connectivity index (χ2n) is 10.8. The van der Waals surface area contributed by atoms with Crippen LogP contribution in [-0.2, 0) is 24.4 Å². The number of amides is 2. The van der Waals surface area contributed by atoms with Gasteiger partial charge < -0.3 is 29.8 Å². The molecule has 0 bridgehead atoms. The van der Waals surface area contributed by atoms with Crippen LogP contribution in [0.25, 0.3) is 0 Å². The molecule has 42 heavy (non-hydrogen) atoms. The monoisotopic (exact) mass is 596 g/mol. The van der Waals surface area contributed by atoms with Gasteiger partial charge in [0.25, 0.3) is 5.91 Å². The Morgan fingerprint density at radius 2 is 1.95 bits per heavy atom. The molecular weight excluding hydrogens is 556 g/mol. The maximum absolute atomic E-state index is 12.8. The molecule has 0 saturated carbocycles. The lowest BCUT2D eigenvalue weighted by Gasteiger charge is -2.32. The van der Waals surface area contributed by atoms with Gasteiger partial charge in [-0.1, -0.05) is 6.07 Å². The molecule has 3 aromatic rings. The predicted molar refractivity (Wildman–Crippen MR) is 163 cm³/mol. The van der Waals surface area contributed by atoms with Crippen molar-refractivity contribution >= 4 is 31.1 Å². The molecule has 2 aliphatic heterocycles. The molecule has 226 valence electrons.